The first-order chi connectivity index (χ1) is 9.28. The van der Waals surface area contributed by atoms with Crippen LogP contribution in [0.3, 0.4) is 0 Å². The molecule has 112 valence electrons. The highest BCUT2D eigenvalue weighted by atomic mass is 79.9. The molecule has 5 heteroatoms. The first kappa shape index (κ1) is 17.0. The minimum atomic E-state index is -0.453. The van der Waals surface area contributed by atoms with Crippen molar-refractivity contribution >= 4 is 22.0 Å². The fourth-order valence-electron chi connectivity index (χ4n) is 1.55. The zero-order valence-corrected chi connectivity index (χ0v) is 14.1. The third-order valence-corrected chi connectivity index (χ3v) is 3.39. The van der Waals surface area contributed by atoms with Crippen LogP contribution in [0.5, 0.6) is 0 Å². The SMILES string of the molecule is Cc1ccc(CNCCNC(=O)OC(C)(C)C)cc1Br. The minimum Gasteiger partial charge on any atom is -0.444 e. The molecule has 0 unspecified atom stereocenters. The molecular weight excluding hydrogens is 320 g/mol. The van der Waals surface area contributed by atoms with Crippen molar-refractivity contribution in [1.29, 1.82) is 0 Å². The van der Waals surface area contributed by atoms with E-state index in [2.05, 4.69) is 51.7 Å². The largest absolute Gasteiger partial charge is 0.444 e. The summed E-state index contributed by atoms with van der Waals surface area (Å²) in [6, 6.07) is 6.28. The van der Waals surface area contributed by atoms with Crippen LogP contribution >= 0.6 is 15.9 Å². The summed E-state index contributed by atoms with van der Waals surface area (Å²) in [6.07, 6.45) is -0.377. The maximum Gasteiger partial charge on any atom is 0.407 e. The van der Waals surface area contributed by atoms with Gasteiger partial charge in [0.25, 0.3) is 0 Å². The van der Waals surface area contributed by atoms with Crippen LogP contribution in [0.4, 0.5) is 4.79 Å². The zero-order chi connectivity index (χ0) is 15.2. The van der Waals surface area contributed by atoms with Crippen LogP contribution in [0, 0.1) is 6.92 Å². The number of hydrogen-bond acceptors (Lipinski definition) is 3. The fraction of sp³-hybridized carbons (Fsp3) is 0.533. The Kier molecular flexibility index (Phi) is 6.49. The Morgan fingerprint density at radius 3 is 2.60 bits per heavy atom. The lowest BCUT2D eigenvalue weighted by atomic mass is 10.1. The molecule has 4 nitrogen and oxygen atoms in total. The number of nitrogens with one attached hydrogen (secondary N) is 2. The fourth-order valence-corrected chi connectivity index (χ4v) is 1.97. The Morgan fingerprint density at radius 2 is 2.00 bits per heavy atom. The van der Waals surface area contributed by atoms with Gasteiger partial charge in [-0.3, -0.25) is 0 Å². The van der Waals surface area contributed by atoms with Gasteiger partial charge in [-0.15, -0.1) is 0 Å². The number of carbonyl (C=O) groups is 1. The molecule has 0 aliphatic heterocycles. The molecule has 1 aromatic carbocycles. The number of halogens is 1. The smallest absolute Gasteiger partial charge is 0.407 e. The molecule has 0 atom stereocenters. The number of rotatable bonds is 5. The number of carbonyl (C=O) groups excluding carboxylic acids is 1. The first-order valence-corrected chi connectivity index (χ1v) is 7.50. The van der Waals surface area contributed by atoms with E-state index in [9.17, 15) is 4.79 Å². The van der Waals surface area contributed by atoms with E-state index in [0.29, 0.717) is 13.1 Å². The van der Waals surface area contributed by atoms with Crippen molar-refractivity contribution < 1.29 is 9.53 Å². The standard InChI is InChI=1S/C15H23BrN2O2/c1-11-5-6-12(9-13(11)16)10-17-7-8-18-14(19)20-15(2,3)4/h5-6,9,17H,7-8,10H2,1-4H3,(H,18,19). The highest BCUT2D eigenvalue weighted by Crippen LogP contribution is 2.17. The van der Waals surface area contributed by atoms with Crippen molar-refractivity contribution in [2.24, 2.45) is 0 Å². The normalized spacial score (nSPS) is 11.2. The molecule has 0 radical (unpaired) electrons. The van der Waals surface area contributed by atoms with E-state index < -0.39 is 5.60 Å². The van der Waals surface area contributed by atoms with E-state index in [1.165, 1.54) is 11.1 Å². The maximum atomic E-state index is 11.4. The summed E-state index contributed by atoms with van der Waals surface area (Å²) >= 11 is 3.51. The van der Waals surface area contributed by atoms with E-state index >= 15 is 0 Å². The lowest BCUT2D eigenvalue weighted by Gasteiger charge is -2.19. The topological polar surface area (TPSA) is 50.4 Å². The number of alkyl carbamates (subject to hydrolysis) is 1. The van der Waals surface area contributed by atoms with Crippen molar-refractivity contribution in [3.63, 3.8) is 0 Å². The molecule has 1 amide bonds. The van der Waals surface area contributed by atoms with Crippen molar-refractivity contribution in [3.05, 3.63) is 33.8 Å². The number of benzene rings is 1. The molecule has 0 spiro atoms. The lowest BCUT2D eigenvalue weighted by molar-refractivity contribution is 0.0528. The van der Waals surface area contributed by atoms with Gasteiger partial charge >= 0.3 is 6.09 Å². The second kappa shape index (κ2) is 7.64. The Bertz CT molecular complexity index is 456. The van der Waals surface area contributed by atoms with Crippen LogP contribution in [-0.2, 0) is 11.3 Å². The molecule has 0 bridgehead atoms. The van der Waals surface area contributed by atoms with Gasteiger partial charge in [-0.1, -0.05) is 28.1 Å². The van der Waals surface area contributed by atoms with Crippen molar-refractivity contribution in [2.45, 2.75) is 39.8 Å². The van der Waals surface area contributed by atoms with Crippen LogP contribution < -0.4 is 10.6 Å². The molecule has 1 rings (SSSR count). The van der Waals surface area contributed by atoms with Gasteiger partial charge in [0.05, 0.1) is 0 Å². The number of ether oxygens (including phenoxy) is 1. The summed E-state index contributed by atoms with van der Waals surface area (Å²) in [4.78, 5) is 11.4. The summed E-state index contributed by atoms with van der Waals surface area (Å²) in [5.74, 6) is 0. The predicted octanol–water partition coefficient (Wildman–Crippen LogP) is 3.37. The highest BCUT2D eigenvalue weighted by molar-refractivity contribution is 9.10. The van der Waals surface area contributed by atoms with Crippen LogP contribution in [0.15, 0.2) is 22.7 Å². The molecule has 0 saturated heterocycles. The van der Waals surface area contributed by atoms with Crippen LogP contribution in [0.25, 0.3) is 0 Å². The molecule has 0 heterocycles. The minimum absolute atomic E-state index is 0.377. The Labute approximate surface area is 129 Å². The van der Waals surface area contributed by atoms with E-state index in [0.717, 1.165) is 11.0 Å². The lowest BCUT2D eigenvalue weighted by Crippen LogP contribution is -2.36. The van der Waals surface area contributed by atoms with E-state index in [4.69, 9.17) is 4.74 Å². The van der Waals surface area contributed by atoms with Crippen molar-refractivity contribution in [3.8, 4) is 0 Å². The molecule has 0 aromatic heterocycles. The van der Waals surface area contributed by atoms with Crippen LogP contribution in [0.1, 0.15) is 31.9 Å². The summed E-state index contributed by atoms with van der Waals surface area (Å²) in [5.41, 5.74) is 1.98. The van der Waals surface area contributed by atoms with Gasteiger partial charge in [0.1, 0.15) is 5.60 Å². The molecule has 0 aliphatic rings. The van der Waals surface area contributed by atoms with E-state index in [-0.39, 0.29) is 6.09 Å². The molecule has 0 saturated carbocycles. The zero-order valence-electron chi connectivity index (χ0n) is 12.5. The maximum absolute atomic E-state index is 11.4. The van der Waals surface area contributed by atoms with Gasteiger partial charge in [-0.25, -0.2) is 4.79 Å². The number of hydrogen-bond donors (Lipinski definition) is 2. The molecule has 0 fully saturated rings. The number of aryl methyl sites for hydroxylation is 1. The van der Waals surface area contributed by atoms with Crippen LogP contribution in [0.2, 0.25) is 0 Å². The first-order valence-electron chi connectivity index (χ1n) is 6.70. The number of amides is 1. The Balaban J connectivity index is 2.19. The Hall–Kier alpha value is -1.07. The van der Waals surface area contributed by atoms with Gasteiger partial charge in [-0.2, -0.15) is 0 Å². The van der Waals surface area contributed by atoms with Gasteiger partial charge in [0.2, 0.25) is 0 Å². The molecule has 2 N–H and O–H groups in total. The molecule has 0 aliphatic carbocycles. The average Bonchev–Trinajstić information content (AvgIpc) is 2.31. The Morgan fingerprint density at radius 1 is 1.30 bits per heavy atom. The van der Waals surface area contributed by atoms with E-state index in [1.54, 1.807) is 0 Å². The predicted molar refractivity (Wildman–Crippen MR) is 84.8 cm³/mol. The quantitative estimate of drug-likeness (QED) is 0.806. The summed E-state index contributed by atoms with van der Waals surface area (Å²) < 4.78 is 6.26. The van der Waals surface area contributed by atoms with Crippen molar-refractivity contribution in [2.75, 3.05) is 13.1 Å². The summed E-state index contributed by atoms with van der Waals surface area (Å²) in [7, 11) is 0. The molecule has 20 heavy (non-hydrogen) atoms. The average molecular weight is 343 g/mol. The van der Waals surface area contributed by atoms with Gasteiger partial charge in [0, 0.05) is 24.1 Å². The van der Waals surface area contributed by atoms with Gasteiger partial charge < -0.3 is 15.4 Å². The second-order valence-corrected chi connectivity index (χ2v) is 6.54. The summed E-state index contributed by atoms with van der Waals surface area (Å²) in [5, 5.41) is 5.99. The third-order valence-electron chi connectivity index (χ3n) is 2.54. The third kappa shape index (κ3) is 6.91. The molecular formula is C15H23BrN2O2. The van der Waals surface area contributed by atoms with Crippen LogP contribution in [-0.4, -0.2) is 24.8 Å². The van der Waals surface area contributed by atoms with Crippen molar-refractivity contribution in [1.82, 2.24) is 10.6 Å². The molecule has 1 aromatic rings. The monoisotopic (exact) mass is 342 g/mol. The summed E-state index contributed by atoms with van der Waals surface area (Å²) in [6.45, 7) is 9.62. The van der Waals surface area contributed by atoms with Gasteiger partial charge in [0.15, 0.2) is 0 Å². The second-order valence-electron chi connectivity index (χ2n) is 5.69. The van der Waals surface area contributed by atoms with Gasteiger partial charge in [-0.05, 0) is 44.9 Å². The highest BCUT2D eigenvalue weighted by Gasteiger charge is 2.15. The van der Waals surface area contributed by atoms with E-state index in [1.807, 2.05) is 20.8 Å².